The quantitative estimate of drug-likeness (QED) is 0.531. The third kappa shape index (κ3) is 1.98. The zero-order valence-electron chi connectivity index (χ0n) is 7.22. The summed E-state index contributed by atoms with van der Waals surface area (Å²) in [5.41, 5.74) is -0.139. The zero-order valence-corrected chi connectivity index (χ0v) is 7.22. The maximum absolute atomic E-state index is 10.4. The van der Waals surface area contributed by atoms with E-state index in [2.05, 4.69) is 4.74 Å². The Morgan fingerprint density at radius 1 is 1.43 bits per heavy atom. The number of hydrogen-bond acceptors (Lipinski definition) is 5. The predicted octanol–water partition coefficient (Wildman–Crippen LogP) is 1.05. The van der Waals surface area contributed by atoms with Crippen LogP contribution in [0.4, 0.5) is 5.69 Å². The summed E-state index contributed by atoms with van der Waals surface area (Å²) in [5.74, 6) is 0.204. The van der Waals surface area contributed by atoms with Crippen molar-refractivity contribution in [1.29, 1.82) is 0 Å². The van der Waals surface area contributed by atoms with Gasteiger partial charge in [0, 0.05) is 6.07 Å². The van der Waals surface area contributed by atoms with Crippen molar-refractivity contribution in [2.24, 2.45) is 0 Å². The molecule has 1 aromatic carbocycles. The molecule has 0 aromatic heterocycles. The zero-order chi connectivity index (χ0) is 10.6. The van der Waals surface area contributed by atoms with Crippen LogP contribution in [0.2, 0.25) is 0 Å². The predicted molar refractivity (Wildman–Crippen MR) is 46.0 cm³/mol. The van der Waals surface area contributed by atoms with E-state index in [9.17, 15) is 14.9 Å². The second-order valence-electron chi connectivity index (χ2n) is 2.28. The minimum Gasteiger partial charge on any atom is -0.493 e. The van der Waals surface area contributed by atoms with Crippen molar-refractivity contribution in [3.05, 3.63) is 28.3 Å². The van der Waals surface area contributed by atoms with Gasteiger partial charge in [0.15, 0.2) is 11.5 Å². The number of methoxy groups -OCH3 is 1. The lowest BCUT2D eigenvalue weighted by atomic mass is 10.3. The Morgan fingerprint density at radius 2 is 2.14 bits per heavy atom. The molecule has 0 atom stereocenters. The van der Waals surface area contributed by atoms with E-state index in [0.29, 0.717) is 0 Å². The number of carbonyl (C=O) groups excluding carboxylic acids is 1. The second kappa shape index (κ2) is 4.22. The summed E-state index contributed by atoms with van der Waals surface area (Å²) < 4.78 is 9.19. The van der Waals surface area contributed by atoms with Gasteiger partial charge in [0.05, 0.1) is 18.1 Å². The Labute approximate surface area is 79.2 Å². The SMILES string of the molecule is COc1cc([N+](=O)[O-])ccc1O[C]=O. The van der Waals surface area contributed by atoms with Gasteiger partial charge in [-0.15, -0.1) is 0 Å². The molecule has 0 aliphatic rings. The molecule has 1 rings (SSSR count). The van der Waals surface area contributed by atoms with Crippen molar-refractivity contribution < 1.29 is 19.2 Å². The highest BCUT2D eigenvalue weighted by Crippen LogP contribution is 2.30. The van der Waals surface area contributed by atoms with Gasteiger partial charge in [0.2, 0.25) is 0 Å². The van der Waals surface area contributed by atoms with Gasteiger partial charge < -0.3 is 9.47 Å². The normalized spacial score (nSPS) is 9.21. The average Bonchev–Trinajstić information content (AvgIpc) is 2.18. The molecule has 0 unspecified atom stereocenters. The number of nitro benzene ring substituents is 1. The lowest BCUT2D eigenvalue weighted by molar-refractivity contribution is -0.384. The average molecular weight is 196 g/mol. The Hall–Kier alpha value is -2.11. The number of nitro groups is 1. The highest BCUT2D eigenvalue weighted by molar-refractivity contribution is 5.54. The molecule has 0 bridgehead atoms. The molecule has 0 aliphatic carbocycles. The van der Waals surface area contributed by atoms with Crippen LogP contribution in [0.25, 0.3) is 0 Å². The molecule has 0 aliphatic heterocycles. The molecular formula is C8H6NO5. The second-order valence-corrected chi connectivity index (χ2v) is 2.28. The van der Waals surface area contributed by atoms with Gasteiger partial charge in [-0.3, -0.25) is 10.1 Å². The van der Waals surface area contributed by atoms with E-state index in [4.69, 9.17) is 4.74 Å². The van der Waals surface area contributed by atoms with Crippen molar-refractivity contribution in [3.63, 3.8) is 0 Å². The lowest BCUT2D eigenvalue weighted by Gasteiger charge is -2.04. The first-order chi connectivity index (χ1) is 6.69. The van der Waals surface area contributed by atoms with E-state index in [1.165, 1.54) is 25.7 Å². The Morgan fingerprint density at radius 3 is 2.64 bits per heavy atom. The minimum absolute atomic E-state index is 0.0908. The first kappa shape index (κ1) is 9.97. The Bertz CT molecular complexity index is 363. The third-order valence-corrected chi connectivity index (χ3v) is 1.51. The number of hydrogen-bond donors (Lipinski definition) is 0. The van der Waals surface area contributed by atoms with Crippen LogP contribution in [-0.4, -0.2) is 18.5 Å². The summed E-state index contributed by atoms with van der Waals surface area (Å²) in [6.07, 6.45) is 0. The fraction of sp³-hybridized carbons (Fsp3) is 0.125. The first-order valence-corrected chi connectivity index (χ1v) is 3.55. The number of ether oxygens (including phenoxy) is 2. The molecule has 0 saturated heterocycles. The highest BCUT2D eigenvalue weighted by Gasteiger charge is 2.12. The molecule has 0 spiro atoms. The molecule has 6 nitrogen and oxygen atoms in total. The van der Waals surface area contributed by atoms with Gasteiger partial charge in [0.25, 0.3) is 5.69 Å². The van der Waals surface area contributed by atoms with Gasteiger partial charge in [0.1, 0.15) is 0 Å². The third-order valence-electron chi connectivity index (χ3n) is 1.51. The Balaban J connectivity index is 3.10. The minimum atomic E-state index is -0.572. The van der Waals surface area contributed by atoms with Crippen LogP contribution in [-0.2, 0) is 4.79 Å². The standard InChI is InChI=1S/C8H6NO5/c1-13-8-4-6(9(11)12)2-3-7(8)14-5-10/h2-4H,1H3. The molecule has 73 valence electrons. The summed E-state index contributed by atoms with van der Waals surface area (Å²) in [6, 6.07) is 3.63. The monoisotopic (exact) mass is 196 g/mol. The van der Waals surface area contributed by atoms with E-state index >= 15 is 0 Å². The molecule has 1 radical (unpaired) electrons. The van der Waals surface area contributed by atoms with Crippen LogP contribution >= 0.6 is 0 Å². The van der Waals surface area contributed by atoms with Crippen molar-refractivity contribution in [2.45, 2.75) is 0 Å². The van der Waals surface area contributed by atoms with Crippen molar-refractivity contribution in [2.75, 3.05) is 7.11 Å². The number of rotatable bonds is 4. The first-order valence-electron chi connectivity index (χ1n) is 3.55. The highest BCUT2D eigenvalue weighted by atomic mass is 16.6. The van der Waals surface area contributed by atoms with Gasteiger partial charge >= 0.3 is 6.47 Å². The van der Waals surface area contributed by atoms with Crippen LogP contribution in [0.3, 0.4) is 0 Å². The van der Waals surface area contributed by atoms with Gasteiger partial charge in [-0.25, -0.2) is 4.79 Å². The number of benzene rings is 1. The van der Waals surface area contributed by atoms with Crippen LogP contribution in [0, 0.1) is 10.1 Å². The van der Waals surface area contributed by atoms with E-state index < -0.39 is 4.92 Å². The van der Waals surface area contributed by atoms with E-state index in [0.717, 1.165) is 6.07 Å². The van der Waals surface area contributed by atoms with Crippen LogP contribution in [0.5, 0.6) is 11.5 Å². The fourth-order valence-corrected chi connectivity index (χ4v) is 0.899. The van der Waals surface area contributed by atoms with Crippen molar-refractivity contribution >= 4 is 12.2 Å². The maximum atomic E-state index is 10.4. The summed E-state index contributed by atoms with van der Waals surface area (Å²) in [6.45, 7) is 1.21. The van der Waals surface area contributed by atoms with Crippen LogP contribution < -0.4 is 9.47 Å². The summed E-state index contributed by atoms with van der Waals surface area (Å²) in [5, 5.41) is 10.4. The molecule has 0 heterocycles. The topological polar surface area (TPSA) is 78.7 Å². The maximum Gasteiger partial charge on any atom is 0.423 e. The van der Waals surface area contributed by atoms with Crippen LogP contribution in [0.1, 0.15) is 0 Å². The molecule has 0 N–H and O–H groups in total. The van der Waals surface area contributed by atoms with E-state index in [-0.39, 0.29) is 17.2 Å². The molecule has 0 fully saturated rings. The van der Waals surface area contributed by atoms with Gasteiger partial charge in [-0.1, -0.05) is 0 Å². The van der Waals surface area contributed by atoms with Crippen molar-refractivity contribution in [3.8, 4) is 11.5 Å². The molecular weight excluding hydrogens is 190 g/mol. The largest absolute Gasteiger partial charge is 0.493 e. The van der Waals surface area contributed by atoms with Gasteiger partial charge in [-0.05, 0) is 6.07 Å². The summed E-state index contributed by atoms with van der Waals surface area (Å²) in [7, 11) is 1.32. The molecule has 1 aromatic rings. The molecule has 0 amide bonds. The van der Waals surface area contributed by atoms with Gasteiger partial charge in [-0.2, -0.15) is 0 Å². The van der Waals surface area contributed by atoms with Crippen LogP contribution in [0.15, 0.2) is 18.2 Å². The fourth-order valence-electron chi connectivity index (χ4n) is 0.899. The smallest absolute Gasteiger partial charge is 0.423 e. The summed E-state index contributed by atoms with van der Waals surface area (Å²) in [4.78, 5) is 19.7. The Kier molecular flexibility index (Phi) is 3.01. The molecule has 14 heavy (non-hydrogen) atoms. The van der Waals surface area contributed by atoms with E-state index in [1.807, 2.05) is 0 Å². The number of non-ortho nitro benzene ring substituents is 1. The van der Waals surface area contributed by atoms with E-state index in [1.54, 1.807) is 0 Å². The van der Waals surface area contributed by atoms with Crippen molar-refractivity contribution in [1.82, 2.24) is 0 Å². The molecule has 6 heteroatoms. The summed E-state index contributed by atoms with van der Waals surface area (Å²) >= 11 is 0. The number of nitrogens with zero attached hydrogens (tertiary/aromatic N) is 1. The lowest BCUT2D eigenvalue weighted by Crippen LogP contribution is -1.95. The molecule has 0 saturated carbocycles.